The molecule has 1 unspecified atom stereocenters. The van der Waals surface area contributed by atoms with Crippen molar-refractivity contribution in [1.82, 2.24) is 15.6 Å². The number of pyridine rings is 1. The molecule has 2 N–H and O–H groups in total. The number of amides is 3. The molecule has 1 saturated heterocycles. The Bertz CT molecular complexity index is 557. The highest BCUT2D eigenvalue weighted by molar-refractivity contribution is 5.99. The first-order valence-electron chi connectivity index (χ1n) is 7.87. The number of hydrogen-bond acceptors (Lipinski definition) is 3. The van der Waals surface area contributed by atoms with Crippen molar-refractivity contribution >= 4 is 17.6 Å². The van der Waals surface area contributed by atoms with Crippen LogP contribution in [-0.4, -0.2) is 35.0 Å². The Hall–Kier alpha value is -2.11. The van der Waals surface area contributed by atoms with Crippen molar-refractivity contribution in [3.05, 3.63) is 24.5 Å². The van der Waals surface area contributed by atoms with E-state index < -0.39 is 6.04 Å². The lowest BCUT2D eigenvalue weighted by molar-refractivity contribution is -0.121. The second kappa shape index (κ2) is 5.94. The third-order valence-corrected chi connectivity index (χ3v) is 4.57. The van der Waals surface area contributed by atoms with Gasteiger partial charge in [0.25, 0.3) is 0 Å². The molecular formula is C16H22N4O2. The molecule has 0 bridgehead atoms. The van der Waals surface area contributed by atoms with Gasteiger partial charge >= 0.3 is 6.03 Å². The number of anilines is 1. The van der Waals surface area contributed by atoms with Crippen LogP contribution in [0.4, 0.5) is 10.5 Å². The van der Waals surface area contributed by atoms with Gasteiger partial charge in [0.05, 0.1) is 11.9 Å². The molecule has 3 rings (SSSR count). The van der Waals surface area contributed by atoms with Crippen LogP contribution in [0, 0.1) is 0 Å². The molecule has 6 nitrogen and oxygen atoms in total. The molecule has 0 aromatic carbocycles. The summed E-state index contributed by atoms with van der Waals surface area (Å²) < 4.78 is 0. The van der Waals surface area contributed by atoms with Crippen LogP contribution in [-0.2, 0) is 4.79 Å². The van der Waals surface area contributed by atoms with Gasteiger partial charge < -0.3 is 15.5 Å². The first-order valence-corrected chi connectivity index (χ1v) is 7.87. The summed E-state index contributed by atoms with van der Waals surface area (Å²) in [6, 6.07) is 2.97. The Morgan fingerprint density at radius 1 is 1.41 bits per heavy atom. The lowest BCUT2D eigenvalue weighted by Gasteiger charge is -2.40. The molecule has 6 heteroatoms. The van der Waals surface area contributed by atoms with E-state index in [4.69, 9.17) is 0 Å². The van der Waals surface area contributed by atoms with E-state index >= 15 is 0 Å². The molecule has 1 aromatic heterocycles. The molecule has 1 aliphatic carbocycles. The normalized spacial score (nSPS) is 23.6. The summed E-state index contributed by atoms with van der Waals surface area (Å²) in [6.45, 7) is 2.71. The zero-order valence-corrected chi connectivity index (χ0v) is 12.8. The number of carbonyl (C=O) groups excluding carboxylic acids is 2. The number of nitrogens with zero attached hydrogens (tertiary/aromatic N) is 2. The summed E-state index contributed by atoms with van der Waals surface area (Å²) in [6.07, 6.45) is 8.05. The topological polar surface area (TPSA) is 74.3 Å². The molecule has 0 spiro atoms. The van der Waals surface area contributed by atoms with E-state index in [0.717, 1.165) is 31.4 Å². The SMILES string of the molecule is CC1(NC(=O)NC2CCCN(c3cccnc3)C2=O)CCC1. The highest BCUT2D eigenvalue weighted by atomic mass is 16.2. The molecule has 2 aliphatic rings. The van der Waals surface area contributed by atoms with E-state index in [9.17, 15) is 9.59 Å². The molecular weight excluding hydrogens is 280 g/mol. The number of aromatic nitrogens is 1. The smallest absolute Gasteiger partial charge is 0.315 e. The van der Waals surface area contributed by atoms with E-state index in [2.05, 4.69) is 15.6 Å². The van der Waals surface area contributed by atoms with Gasteiger partial charge in [-0.3, -0.25) is 9.78 Å². The maximum absolute atomic E-state index is 12.6. The van der Waals surface area contributed by atoms with Gasteiger partial charge in [0.1, 0.15) is 6.04 Å². The van der Waals surface area contributed by atoms with E-state index in [1.54, 1.807) is 17.3 Å². The number of nitrogens with one attached hydrogen (secondary N) is 2. The molecule has 3 amide bonds. The first-order chi connectivity index (χ1) is 10.6. The van der Waals surface area contributed by atoms with Crippen molar-refractivity contribution in [3.63, 3.8) is 0 Å². The second-order valence-electron chi connectivity index (χ2n) is 6.41. The first kappa shape index (κ1) is 14.8. The minimum atomic E-state index is -0.461. The van der Waals surface area contributed by atoms with Gasteiger partial charge in [-0.1, -0.05) is 0 Å². The van der Waals surface area contributed by atoms with E-state index in [1.807, 2.05) is 19.1 Å². The monoisotopic (exact) mass is 302 g/mol. The van der Waals surface area contributed by atoms with Crippen LogP contribution in [0.15, 0.2) is 24.5 Å². The van der Waals surface area contributed by atoms with Gasteiger partial charge in [-0.05, 0) is 51.2 Å². The minimum Gasteiger partial charge on any atom is -0.333 e. The summed E-state index contributed by atoms with van der Waals surface area (Å²) in [5, 5.41) is 5.81. The maximum Gasteiger partial charge on any atom is 0.315 e. The van der Waals surface area contributed by atoms with Crippen molar-refractivity contribution in [2.24, 2.45) is 0 Å². The molecule has 1 aliphatic heterocycles. The lowest BCUT2D eigenvalue weighted by Crippen LogP contribution is -2.59. The Labute approximate surface area is 130 Å². The molecule has 2 fully saturated rings. The Morgan fingerprint density at radius 3 is 2.86 bits per heavy atom. The van der Waals surface area contributed by atoms with E-state index in [-0.39, 0.29) is 17.5 Å². The molecule has 22 heavy (non-hydrogen) atoms. The Kier molecular flexibility index (Phi) is 4.00. The largest absolute Gasteiger partial charge is 0.333 e. The zero-order chi connectivity index (χ0) is 15.6. The fourth-order valence-electron chi connectivity index (χ4n) is 3.08. The van der Waals surface area contributed by atoms with Crippen molar-refractivity contribution in [3.8, 4) is 0 Å². The third kappa shape index (κ3) is 3.05. The van der Waals surface area contributed by atoms with Crippen LogP contribution in [0.5, 0.6) is 0 Å². The van der Waals surface area contributed by atoms with Crippen LogP contribution < -0.4 is 15.5 Å². The highest BCUT2D eigenvalue weighted by Crippen LogP contribution is 2.30. The molecule has 1 atom stereocenters. The second-order valence-corrected chi connectivity index (χ2v) is 6.41. The van der Waals surface area contributed by atoms with E-state index in [1.165, 1.54) is 0 Å². The number of piperidine rings is 1. The molecule has 1 aromatic rings. The summed E-state index contributed by atoms with van der Waals surface area (Å²) in [4.78, 5) is 30.4. The van der Waals surface area contributed by atoms with Gasteiger partial charge in [0.2, 0.25) is 5.91 Å². The standard InChI is InChI=1S/C16H22N4O2/c1-16(7-4-8-16)19-15(22)18-13-6-3-10-20(14(13)21)12-5-2-9-17-11-12/h2,5,9,11,13H,3-4,6-8,10H2,1H3,(H2,18,19,22). The predicted molar refractivity (Wildman–Crippen MR) is 83.5 cm³/mol. The van der Waals surface area contributed by atoms with Crippen molar-refractivity contribution in [1.29, 1.82) is 0 Å². The summed E-state index contributed by atoms with van der Waals surface area (Å²) in [5.41, 5.74) is 0.676. The quantitative estimate of drug-likeness (QED) is 0.894. The number of carbonyl (C=O) groups is 2. The maximum atomic E-state index is 12.6. The lowest BCUT2D eigenvalue weighted by atomic mass is 9.79. The van der Waals surface area contributed by atoms with E-state index in [0.29, 0.717) is 13.0 Å². The van der Waals surface area contributed by atoms with Gasteiger partial charge in [0.15, 0.2) is 0 Å². The number of rotatable bonds is 3. The summed E-state index contributed by atoms with van der Waals surface area (Å²) in [5.74, 6) is -0.0619. The number of hydrogen-bond donors (Lipinski definition) is 2. The highest BCUT2D eigenvalue weighted by Gasteiger charge is 2.35. The Balaban J connectivity index is 1.61. The fraction of sp³-hybridized carbons (Fsp3) is 0.562. The fourth-order valence-corrected chi connectivity index (χ4v) is 3.08. The Morgan fingerprint density at radius 2 is 2.23 bits per heavy atom. The van der Waals surface area contributed by atoms with Crippen LogP contribution in [0.25, 0.3) is 0 Å². The average Bonchev–Trinajstić information content (AvgIpc) is 2.48. The van der Waals surface area contributed by atoms with Crippen molar-refractivity contribution < 1.29 is 9.59 Å². The van der Waals surface area contributed by atoms with Crippen LogP contribution in [0.2, 0.25) is 0 Å². The van der Waals surface area contributed by atoms with Crippen LogP contribution >= 0.6 is 0 Å². The minimum absolute atomic E-state index is 0.0619. The summed E-state index contributed by atoms with van der Waals surface area (Å²) in [7, 11) is 0. The van der Waals surface area contributed by atoms with Gasteiger partial charge in [-0.25, -0.2) is 4.79 Å². The van der Waals surface area contributed by atoms with Crippen LogP contribution in [0.1, 0.15) is 39.0 Å². The van der Waals surface area contributed by atoms with Crippen LogP contribution in [0.3, 0.4) is 0 Å². The van der Waals surface area contributed by atoms with Crippen molar-refractivity contribution in [2.45, 2.75) is 50.6 Å². The molecule has 118 valence electrons. The number of urea groups is 1. The average molecular weight is 302 g/mol. The molecule has 2 heterocycles. The molecule has 1 saturated carbocycles. The van der Waals surface area contributed by atoms with Crippen molar-refractivity contribution in [2.75, 3.05) is 11.4 Å². The zero-order valence-electron chi connectivity index (χ0n) is 12.8. The molecule has 0 radical (unpaired) electrons. The van der Waals surface area contributed by atoms with Gasteiger partial charge in [-0.2, -0.15) is 0 Å². The summed E-state index contributed by atoms with van der Waals surface area (Å²) >= 11 is 0. The predicted octanol–water partition coefficient (Wildman–Crippen LogP) is 1.82. The van der Waals surface area contributed by atoms with Gasteiger partial charge in [-0.15, -0.1) is 0 Å². The third-order valence-electron chi connectivity index (χ3n) is 4.57. The van der Waals surface area contributed by atoms with Gasteiger partial charge in [0, 0.05) is 18.3 Å².